The Kier molecular flexibility index (Phi) is 6.12. The smallest absolute Gasteiger partial charge is 0.253 e. The molecule has 0 saturated carbocycles. The third-order valence-corrected chi connectivity index (χ3v) is 4.97. The van der Waals surface area contributed by atoms with Gasteiger partial charge < -0.3 is 14.5 Å². The first-order valence-corrected chi connectivity index (χ1v) is 9.33. The lowest BCUT2D eigenvalue weighted by atomic mass is 10.1. The van der Waals surface area contributed by atoms with E-state index in [-0.39, 0.29) is 11.8 Å². The lowest BCUT2D eigenvalue weighted by molar-refractivity contribution is -0.132. The average Bonchev–Trinajstić information content (AvgIpc) is 2.72. The third-order valence-electron chi connectivity index (χ3n) is 4.97. The van der Waals surface area contributed by atoms with E-state index in [4.69, 9.17) is 4.74 Å². The van der Waals surface area contributed by atoms with Crippen LogP contribution in [-0.2, 0) is 11.2 Å². The molecule has 1 heterocycles. The van der Waals surface area contributed by atoms with Crippen molar-refractivity contribution in [2.24, 2.45) is 0 Å². The molecule has 3 rings (SSSR count). The molecule has 0 N–H and O–H groups in total. The van der Waals surface area contributed by atoms with Crippen LogP contribution in [0.2, 0.25) is 0 Å². The molecule has 5 heteroatoms. The van der Waals surface area contributed by atoms with Gasteiger partial charge in [0.1, 0.15) is 5.75 Å². The van der Waals surface area contributed by atoms with Crippen LogP contribution in [0.1, 0.15) is 27.9 Å². The number of carbonyl (C=O) groups excluding carboxylic acids is 2. The molecular formula is C22H26N2O3. The van der Waals surface area contributed by atoms with Gasteiger partial charge in [0.25, 0.3) is 5.91 Å². The molecule has 142 valence electrons. The summed E-state index contributed by atoms with van der Waals surface area (Å²) in [5, 5.41) is 0. The van der Waals surface area contributed by atoms with Crippen molar-refractivity contribution in [3.8, 4) is 5.75 Å². The Labute approximate surface area is 160 Å². The monoisotopic (exact) mass is 366 g/mol. The van der Waals surface area contributed by atoms with Crippen LogP contribution in [0.25, 0.3) is 0 Å². The van der Waals surface area contributed by atoms with Crippen LogP contribution in [0.3, 0.4) is 0 Å². The number of piperazine rings is 1. The minimum atomic E-state index is 0.0454. The standard InChI is InChI=1S/C22H26N2O3/c1-17-4-3-5-19(16-17)22(26)24-14-12-23(13-15-24)21(25)11-8-18-6-9-20(27-2)10-7-18/h3-7,9-10,16H,8,11-15H2,1-2H3. The van der Waals surface area contributed by atoms with Crippen molar-refractivity contribution < 1.29 is 14.3 Å². The minimum Gasteiger partial charge on any atom is -0.497 e. The Balaban J connectivity index is 1.48. The van der Waals surface area contributed by atoms with Crippen LogP contribution in [0.15, 0.2) is 48.5 Å². The van der Waals surface area contributed by atoms with E-state index in [1.165, 1.54) is 0 Å². The van der Waals surface area contributed by atoms with Crippen LogP contribution < -0.4 is 4.74 Å². The number of aryl methyl sites for hydroxylation is 2. The molecular weight excluding hydrogens is 340 g/mol. The lowest BCUT2D eigenvalue weighted by Crippen LogP contribution is -2.50. The van der Waals surface area contributed by atoms with Crippen molar-refractivity contribution in [3.05, 3.63) is 65.2 Å². The van der Waals surface area contributed by atoms with Crippen molar-refractivity contribution >= 4 is 11.8 Å². The summed E-state index contributed by atoms with van der Waals surface area (Å²) in [4.78, 5) is 28.8. The number of methoxy groups -OCH3 is 1. The second-order valence-electron chi connectivity index (χ2n) is 6.89. The zero-order valence-corrected chi connectivity index (χ0v) is 16.0. The van der Waals surface area contributed by atoms with Crippen molar-refractivity contribution in [1.82, 2.24) is 9.80 Å². The summed E-state index contributed by atoms with van der Waals surface area (Å²) in [6, 6.07) is 15.5. The number of ether oxygens (including phenoxy) is 1. The number of hydrogen-bond acceptors (Lipinski definition) is 3. The molecule has 5 nitrogen and oxygen atoms in total. The molecule has 1 aliphatic rings. The molecule has 0 radical (unpaired) electrons. The van der Waals surface area contributed by atoms with E-state index in [2.05, 4.69) is 0 Å². The van der Waals surface area contributed by atoms with E-state index >= 15 is 0 Å². The summed E-state index contributed by atoms with van der Waals surface area (Å²) in [6.45, 7) is 4.34. The van der Waals surface area contributed by atoms with E-state index < -0.39 is 0 Å². The summed E-state index contributed by atoms with van der Waals surface area (Å²) in [6.07, 6.45) is 1.20. The van der Waals surface area contributed by atoms with Gasteiger partial charge in [0, 0.05) is 38.2 Å². The Bertz CT molecular complexity index is 793. The summed E-state index contributed by atoms with van der Waals surface area (Å²) >= 11 is 0. The van der Waals surface area contributed by atoms with Crippen LogP contribution in [0.5, 0.6) is 5.75 Å². The first-order valence-electron chi connectivity index (χ1n) is 9.33. The molecule has 0 atom stereocenters. The number of carbonyl (C=O) groups is 2. The number of amides is 2. The zero-order valence-electron chi connectivity index (χ0n) is 16.0. The summed E-state index contributed by atoms with van der Waals surface area (Å²) < 4.78 is 5.15. The fourth-order valence-corrected chi connectivity index (χ4v) is 3.32. The highest BCUT2D eigenvalue weighted by Gasteiger charge is 2.24. The van der Waals surface area contributed by atoms with E-state index in [1.807, 2.05) is 65.3 Å². The van der Waals surface area contributed by atoms with Gasteiger partial charge in [-0.05, 0) is 43.2 Å². The molecule has 1 saturated heterocycles. The number of benzene rings is 2. The predicted molar refractivity (Wildman–Crippen MR) is 105 cm³/mol. The zero-order chi connectivity index (χ0) is 19.2. The first-order chi connectivity index (χ1) is 13.1. The van der Waals surface area contributed by atoms with Gasteiger partial charge in [-0.3, -0.25) is 9.59 Å². The summed E-state index contributed by atoms with van der Waals surface area (Å²) in [7, 11) is 1.64. The molecule has 27 heavy (non-hydrogen) atoms. The van der Waals surface area contributed by atoms with Gasteiger partial charge in [0.15, 0.2) is 0 Å². The Morgan fingerprint density at radius 1 is 0.963 bits per heavy atom. The maximum absolute atomic E-state index is 12.6. The average molecular weight is 366 g/mol. The van der Waals surface area contributed by atoms with Crippen molar-refractivity contribution in [2.75, 3.05) is 33.3 Å². The van der Waals surface area contributed by atoms with Crippen molar-refractivity contribution in [3.63, 3.8) is 0 Å². The van der Waals surface area contributed by atoms with E-state index in [1.54, 1.807) is 7.11 Å². The Morgan fingerprint density at radius 2 is 1.63 bits per heavy atom. The van der Waals surface area contributed by atoms with Crippen LogP contribution in [0.4, 0.5) is 0 Å². The fraction of sp³-hybridized carbons (Fsp3) is 0.364. The molecule has 0 aromatic heterocycles. The summed E-state index contributed by atoms with van der Waals surface area (Å²) in [5.74, 6) is 1.01. The largest absolute Gasteiger partial charge is 0.497 e. The van der Waals surface area contributed by atoms with Gasteiger partial charge in [0.2, 0.25) is 5.91 Å². The topological polar surface area (TPSA) is 49.9 Å². The van der Waals surface area contributed by atoms with Crippen LogP contribution >= 0.6 is 0 Å². The maximum Gasteiger partial charge on any atom is 0.253 e. The first kappa shape index (κ1) is 19.0. The SMILES string of the molecule is COc1ccc(CCC(=O)N2CCN(C(=O)c3cccc(C)c3)CC2)cc1. The number of rotatable bonds is 5. The molecule has 1 fully saturated rings. The predicted octanol–water partition coefficient (Wildman–Crippen LogP) is 2.92. The highest BCUT2D eigenvalue weighted by atomic mass is 16.5. The number of hydrogen-bond donors (Lipinski definition) is 0. The quantitative estimate of drug-likeness (QED) is 0.818. The molecule has 2 aromatic rings. The fourth-order valence-electron chi connectivity index (χ4n) is 3.32. The molecule has 0 spiro atoms. The van der Waals surface area contributed by atoms with Crippen LogP contribution in [0, 0.1) is 6.92 Å². The second kappa shape index (κ2) is 8.71. The minimum absolute atomic E-state index is 0.0454. The number of nitrogens with zero attached hydrogens (tertiary/aromatic N) is 2. The summed E-state index contributed by atoms with van der Waals surface area (Å²) in [5.41, 5.74) is 2.92. The molecule has 0 bridgehead atoms. The van der Waals surface area contributed by atoms with Gasteiger partial charge in [0.05, 0.1) is 7.11 Å². The van der Waals surface area contributed by atoms with Gasteiger partial charge in [-0.15, -0.1) is 0 Å². The molecule has 1 aliphatic heterocycles. The normalized spacial score (nSPS) is 14.1. The van der Waals surface area contributed by atoms with Gasteiger partial charge >= 0.3 is 0 Å². The molecule has 0 unspecified atom stereocenters. The third kappa shape index (κ3) is 4.88. The molecule has 0 aliphatic carbocycles. The highest BCUT2D eigenvalue weighted by molar-refractivity contribution is 5.94. The molecule has 2 aromatic carbocycles. The lowest BCUT2D eigenvalue weighted by Gasteiger charge is -2.35. The van der Waals surface area contributed by atoms with E-state index in [9.17, 15) is 9.59 Å². The van der Waals surface area contributed by atoms with Crippen molar-refractivity contribution in [2.45, 2.75) is 19.8 Å². The molecule has 2 amide bonds. The maximum atomic E-state index is 12.6. The van der Waals surface area contributed by atoms with Gasteiger partial charge in [-0.25, -0.2) is 0 Å². The van der Waals surface area contributed by atoms with E-state index in [0.29, 0.717) is 44.6 Å². The van der Waals surface area contributed by atoms with Gasteiger partial charge in [-0.1, -0.05) is 29.8 Å². The second-order valence-corrected chi connectivity index (χ2v) is 6.89. The van der Waals surface area contributed by atoms with E-state index in [0.717, 1.165) is 16.9 Å². The Hall–Kier alpha value is -2.82. The highest BCUT2D eigenvalue weighted by Crippen LogP contribution is 2.14. The van der Waals surface area contributed by atoms with Gasteiger partial charge in [-0.2, -0.15) is 0 Å². The van der Waals surface area contributed by atoms with Crippen LogP contribution in [-0.4, -0.2) is 54.9 Å². The van der Waals surface area contributed by atoms with Crippen molar-refractivity contribution in [1.29, 1.82) is 0 Å². The Morgan fingerprint density at radius 3 is 2.26 bits per heavy atom.